The summed E-state index contributed by atoms with van der Waals surface area (Å²) in [7, 11) is -0.426. The Labute approximate surface area is 148 Å². The van der Waals surface area contributed by atoms with Gasteiger partial charge in [-0.2, -0.15) is 0 Å². The van der Waals surface area contributed by atoms with Crippen LogP contribution in [0.1, 0.15) is 48.5 Å². The van der Waals surface area contributed by atoms with E-state index in [1.165, 1.54) is 5.57 Å². The Morgan fingerprint density at radius 2 is 1.58 bits per heavy atom. The standard InChI is InChI=1S/C20H32BNO2/c1-9-13-15-17(11-3)16-22(18(12-4)14-10-2)21-23-19(5,6)20(7,8)24-21/h9-15H,1,16H2,2-8H3/b14-10-,15-13-,17-11+,18-12+. The fourth-order valence-corrected chi connectivity index (χ4v) is 2.38. The normalized spacial score (nSPS) is 21.0. The lowest BCUT2D eigenvalue weighted by atomic mass is 9.90. The van der Waals surface area contributed by atoms with E-state index >= 15 is 0 Å². The Morgan fingerprint density at radius 1 is 1.00 bits per heavy atom. The lowest BCUT2D eigenvalue weighted by Crippen LogP contribution is -2.42. The summed E-state index contributed by atoms with van der Waals surface area (Å²) in [5, 5.41) is 0. The Balaban J connectivity index is 3.16. The van der Waals surface area contributed by atoms with Crippen molar-refractivity contribution in [2.24, 2.45) is 0 Å². The van der Waals surface area contributed by atoms with E-state index in [4.69, 9.17) is 9.31 Å². The van der Waals surface area contributed by atoms with Crippen LogP contribution in [-0.4, -0.2) is 29.8 Å². The van der Waals surface area contributed by atoms with Crippen molar-refractivity contribution in [3.63, 3.8) is 0 Å². The topological polar surface area (TPSA) is 21.7 Å². The monoisotopic (exact) mass is 329 g/mol. The molecule has 0 aromatic rings. The van der Waals surface area contributed by atoms with E-state index in [1.807, 2.05) is 32.9 Å². The zero-order valence-electron chi connectivity index (χ0n) is 16.3. The highest BCUT2D eigenvalue weighted by molar-refractivity contribution is 6.43. The third-order valence-electron chi connectivity index (χ3n) is 4.63. The maximum atomic E-state index is 6.26. The van der Waals surface area contributed by atoms with Crippen molar-refractivity contribution in [1.29, 1.82) is 0 Å². The van der Waals surface area contributed by atoms with Crippen LogP contribution in [0.15, 0.2) is 60.4 Å². The lowest BCUT2D eigenvalue weighted by molar-refractivity contribution is 0.00578. The van der Waals surface area contributed by atoms with Gasteiger partial charge >= 0.3 is 7.25 Å². The molecule has 1 heterocycles. The molecule has 1 rings (SSSR count). The quantitative estimate of drug-likeness (QED) is 0.482. The van der Waals surface area contributed by atoms with Crippen molar-refractivity contribution < 1.29 is 9.31 Å². The fourth-order valence-electron chi connectivity index (χ4n) is 2.38. The Hall–Kier alpha value is -1.52. The van der Waals surface area contributed by atoms with Gasteiger partial charge in [0.2, 0.25) is 0 Å². The van der Waals surface area contributed by atoms with E-state index in [9.17, 15) is 0 Å². The highest BCUT2D eigenvalue weighted by atomic mass is 16.7. The average Bonchev–Trinajstić information content (AvgIpc) is 2.73. The van der Waals surface area contributed by atoms with Crippen molar-refractivity contribution in [3.8, 4) is 0 Å². The van der Waals surface area contributed by atoms with Gasteiger partial charge in [-0.25, -0.2) is 0 Å². The molecule has 4 heteroatoms. The van der Waals surface area contributed by atoms with E-state index in [2.05, 4.69) is 63.4 Å². The molecule has 0 radical (unpaired) electrons. The van der Waals surface area contributed by atoms with Crippen LogP contribution in [0.5, 0.6) is 0 Å². The van der Waals surface area contributed by atoms with Gasteiger partial charge in [0.15, 0.2) is 0 Å². The molecule has 1 aliphatic heterocycles. The molecule has 1 fully saturated rings. The van der Waals surface area contributed by atoms with Gasteiger partial charge in [-0.05, 0) is 60.1 Å². The summed E-state index contributed by atoms with van der Waals surface area (Å²) in [6, 6.07) is 0. The van der Waals surface area contributed by atoms with Crippen LogP contribution in [0.3, 0.4) is 0 Å². The number of hydrogen-bond acceptors (Lipinski definition) is 3. The van der Waals surface area contributed by atoms with Crippen molar-refractivity contribution >= 4 is 7.25 Å². The maximum Gasteiger partial charge on any atom is 0.594 e. The minimum Gasteiger partial charge on any atom is -0.384 e. The highest BCUT2D eigenvalue weighted by Gasteiger charge is 2.54. The van der Waals surface area contributed by atoms with Crippen molar-refractivity contribution in [3.05, 3.63) is 60.4 Å². The van der Waals surface area contributed by atoms with E-state index in [0.29, 0.717) is 6.54 Å². The summed E-state index contributed by atoms with van der Waals surface area (Å²) in [4.78, 5) is 2.15. The molecule has 1 aliphatic rings. The van der Waals surface area contributed by atoms with Gasteiger partial charge < -0.3 is 14.1 Å². The smallest absolute Gasteiger partial charge is 0.384 e. The molecule has 0 amide bonds. The molecule has 0 saturated carbocycles. The molecule has 24 heavy (non-hydrogen) atoms. The van der Waals surface area contributed by atoms with E-state index in [-0.39, 0.29) is 11.2 Å². The fraction of sp³-hybridized carbons (Fsp3) is 0.500. The molecule has 0 aromatic carbocycles. The average molecular weight is 329 g/mol. The third kappa shape index (κ3) is 4.75. The van der Waals surface area contributed by atoms with Gasteiger partial charge in [0.1, 0.15) is 0 Å². The van der Waals surface area contributed by atoms with Crippen molar-refractivity contribution in [2.75, 3.05) is 6.54 Å². The second kappa shape index (κ2) is 8.54. The third-order valence-corrected chi connectivity index (χ3v) is 4.63. The molecule has 3 nitrogen and oxygen atoms in total. The van der Waals surface area contributed by atoms with Gasteiger partial charge in [-0.3, -0.25) is 0 Å². The number of allylic oxidation sites excluding steroid dienone is 6. The van der Waals surface area contributed by atoms with Gasteiger partial charge in [0.05, 0.1) is 11.2 Å². The van der Waals surface area contributed by atoms with Crippen LogP contribution in [0.2, 0.25) is 0 Å². The molecule has 132 valence electrons. The van der Waals surface area contributed by atoms with Gasteiger partial charge in [-0.1, -0.05) is 43.0 Å². The summed E-state index contributed by atoms with van der Waals surface area (Å²) < 4.78 is 12.5. The first-order valence-electron chi connectivity index (χ1n) is 8.58. The first-order valence-corrected chi connectivity index (χ1v) is 8.58. The van der Waals surface area contributed by atoms with E-state index in [1.54, 1.807) is 6.08 Å². The maximum absolute atomic E-state index is 6.26. The molecule has 0 atom stereocenters. The molecular weight excluding hydrogens is 297 g/mol. The van der Waals surface area contributed by atoms with Crippen LogP contribution in [-0.2, 0) is 9.31 Å². The minimum atomic E-state index is -0.426. The first-order chi connectivity index (χ1) is 11.2. The first kappa shape index (κ1) is 20.5. The summed E-state index contributed by atoms with van der Waals surface area (Å²) in [6.07, 6.45) is 14.1. The zero-order valence-corrected chi connectivity index (χ0v) is 16.3. The van der Waals surface area contributed by atoms with Crippen molar-refractivity contribution in [2.45, 2.75) is 59.7 Å². The van der Waals surface area contributed by atoms with E-state index in [0.717, 1.165) is 5.70 Å². The summed E-state index contributed by atoms with van der Waals surface area (Å²) in [5.74, 6) is 0. The lowest BCUT2D eigenvalue weighted by Gasteiger charge is -2.32. The predicted molar refractivity (Wildman–Crippen MR) is 104 cm³/mol. The van der Waals surface area contributed by atoms with Crippen LogP contribution in [0.25, 0.3) is 0 Å². The molecule has 0 aliphatic carbocycles. The van der Waals surface area contributed by atoms with Crippen molar-refractivity contribution in [1.82, 2.24) is 4.81 Å². The molecule has 0 N–H and O–H groups in total. The number of hydrogen-bond donors (Lipinski definition) is 0. The highest BCUT2D eigenvalue weighted by Crippen LogP contribution is 2.38. The summed E-state index contributed by atoms with van der Waals surface area (Å²) in [6.45, 7) is 18.8. The van der Waals surface area contributed by atoms with Crippen LogP contribution < -0.4 is 0 Å². The molecule has 0 unspecified atom stereocenters. The van der Waals surface area contributed by atoms with Crippen LogP contribution in [0.4, 0.5) is 0 Å². The van der Waals surface area contributed by atoms with Crippen LogP contribution in [0, 0.1) is 0 Å². The van der Waals surface area contributed by atoms with Crippen LogP contribution >= 0.6 is 0 Å². The molecule has 0 spiro atoms. The van der Waals surface area contributed by atoms with E-state index < -0.39 is 7.25 Å². The largest absolute Gasteiger partial charge is 0.594 e. The number of rotatable bonds is 7. The minimum absolute atomic E-state index is 0.363. The predicted octanol–water partition coefficient (Wildman–Crippen LogP) is 5.05. The zero-order chi connectivity index (χ0) is 18.4. The Morgan fingerprint density at radius 3 is 2.00 bits per heavy atom. The Kier molecular flexibility index (Phi) is 7.31. The summed E-state index contributed by atoms with van der Waals surface area (Å²) >= 11 is 0. The summed E-state index contributed by atoms with van der Waals surface area (Å²) in [5.41, 5.74) is 1.52. The Bertz CT molecular complexity index is 540. The molecule has 1 saturated heterocycles. The second-order valence-corrected chi connectivity index (χ2v) is 6.86. The molecular formula is C20H32BNO2. The number of nitrogens with zero attached hydrogens (tertiary/aromatic N) is 1. The second-order valence-electron chi connectivity index (χ2n) is 6.86. The van der Waals surface area contributed by atoms with Gasteiger partial charge in [0.25, 0.3) is 0 Å². The van der Waals surface area contributed by atoms with Gasteiger partial charge in [0, 0.05) is 12.2 Å². The van der Waals surface area contributed by atoms with Gasteiger partial charge in [-0.15, -0.1) is 0 Å². The SMILES string of the molecule is C=C/C=C\C(=C/C)CN(B1OC(C)(C)C(C)(C)O1)C(/C=C\C)=C/C. The molecule has 0 bridgehead atoms. The molecule has 0 aromatic heterocycles.